The summed E-state index contributed by atoms with van der Waals surface area (Å²) in [5.41, 5.74) is 5.20. The molecule has 1 rings (SSSR count). The number of nitrogens with zero attached hydrogens (tertiary/aromatic N) is 2. The Hall–Kier alpha value is -1.63. The molecule has 82 valence electrons. The van der Waals surface area contributed by atoms with Crippen LogP contribution in [0.5, 0.6) is 0 Å². The van der Waals surface area contributed by atoms with E-state index in [2.05, 4.69) is 4.98 Å². The molecule has 0 aliphatic carbocycles. The molecule has 0 amide bonds. The van der Waals surface area contributed by atoms with Crippen LogP contribution in [0.25, 0.3) is 0 Å². The van der Waals surface area contributed by atoms with Crippen LogP contribution in [-0.4, -0.2) is 9.91 Å². The molecule has 2 N–H and O–H groups in total. The Balaban J connectivity index is 3.38. The first kappa shape index (κ1) is 11.4. The lowest BCUT2D eigenvalue weighted by atomic mass is 10.1. The molecule has 0 unspecified atom stereocenters. The lowest BCUT2D eigenvalue weighted by Gasteiger charge is -2.05. The summed E-state index contributed by atoms with van der Waals surface area (Å²) in [5.74, 6) is -0.601. The van der Waals surface area contributed by atoms with E-state index in [4.69, 9.17) is 5.73 Å². The minimum absolute atomic E-state index is 0.104. The molecule has 7 heteroatoms. The Kier molecular flexibility index (Phi) is 3.25. The summed E-state index contributed by atoms with van der Waals surface area (Å²) in [7, 11) is 0. The van der Waals surface area contributed by atoms with Gasteiger partial charge in [-0.3, -0.25) is 0 Å². The molecule has 0 atom stereocenters. The van der Waals surface area contributed by atoms with Gasteiger partial charge >= 0.3 is 5.82 Å². The highest BCUT2D eigenvalue weighted by Gasteiger charge is 2.21. The topological polar surface area (TPSA) is 82.0 Å². The zero-order valence-corrected chi connectivity index (χ0v) is 7.91. The molecular weight excluding hydrogens is 208 g/mol. The first-order valence-electron chi connectivity index (χ1n) is 4.10. The number of aromatic nitrogens is 1. The maximum absolute atomic E-state index is 12.5. The van der Waals surface area contributed by atoms with Crippen LogP contribution in [0.2, 0.25) is 0 Å². The van der Waals surface area contributed by atoms with Crippen molar-refractivity contribution in [2.45, 2.75) is 19.9 Å². The van der Waals surface area contributed by atoms with Crippen LogP contribution in [0.15, 0.2) is 6.07 Å². The fourth-order valence-electron chi connectivity index (χ4n) is 1.19. The largest absolute Gasteiger partial charge is 0.364 e. The number of nitro groups is 1. The van der Waals surface area contributed by atoms with E-state index in [1.165, 1.54) is 6.92 Å². The van der Waals surface area contributed by atoms with E-state index in [1.807, 2.05) is 0 Å². The molecule has 0 aromatic carbocycles. The standard InChI is InChI=1S/C8H9F2N3O2/c1-4-5(8(9)10)2-7(13(14)15)12-6(4)3-11/h2,8H,3,11H2,1H3. The first-order chi connectivity index (χ1) is 6.97. The molecule has 0 radical (unpaired) electrons. The first-order valence-corrected chi connectivity index (χ1v) is 4.10. The summed E-state index contributed by atoms with van der Waals surface area (Å²) in [5, 5.41) is 10.4. The molecule has 1 aromatic rings. The summed E-state index contributed by atoms with van der Waals surface area (Å²) in [6.07, 6.45) is -2.77. The highest BCUT2D eigenvalue weighted by Crippen LogP contribution is 2.27. The zero-order chi connectivity index (χ0) is 11.6. The van der Waals surface area contributed by atoms with Gasteiger partial charge in [0.1, 0.15) is 0 Å². The maximum atomic E-state index is 12.5. The van der Waals surface area contributed by atoms with Crippen molar-refractivity contribution in [1.29, 1.82) is 0 Å². The van der Waals surface area contributed by atoms with Gasteiger partial charge in [0.2, 0.25) is 0 Å². The maximum Gasteiger partial charge on any atom is 0.364 e. The number of rotatable bonds is 3. The number of pyridine rings is 1. The zero-order valence-electron chi connectivity index (χ0n) is 7.91. The quantitative estimate of drug-likeness (QED) is 0.617. The molecule has 0 aliphatic rings. The average molecular weight is 217 g/mol. The number of alkyl halides is 2. The van der Waals surface area contributed by atoms with Crippen molar-refractivity contribution in [3.05, 3.63) is 33.0 Å². The highest BCUT2D eigenvalue weighted by atomic mass is 19.3. The van der Waals surface area contributed by atoms with Crippen molar-refractivity contribution in [1.82, 2.24) is 4.98 Å². The van der Waals surface area contributed by atoms with Crippen LogP contribution >= 0.6 is 0 Å². The predicted octanol–water partition coefficient (Wildman–Crippen LogP) is 1.69. The van der Waals surface area contributed by atoms with Gasteiger partial charge in [0.15, 0.2) is 5.69 Å². The Morgan fingerprint density at radius 2 is 2.27 bits per heavy atom. The van der Waals surface area contributed by atoms with Gasteiger partial charge in [0.25, 0.3) is 6.43 Å². The van der Waals surface area contributed by atoms with Crippen LogP contribution in [0, 0.1) is 17.0 Å². The molecule has 0 fully saturated rings. The van der Waals surface area contributed by atoms with E-state index in [9.17, 15) is 18.9 Å². The number of hydrogen-bond donors (Lipinski definition) is 1. The van der Waals surface area contributed by atoms with E-state index in [0.717, 1.165) is 6.07 Å². The minimum Gasteiger partial charge on any atom is -0.358 e. The van der Waals surface area contributed by atoms with Crippen LogP contribution < -0.4 is 5.73 Å². The second-order valence-electron chi connectivity index (χ2n) is 2.90. The van der Waals surface area contributed by atoms with Gasteiger partial charge in [-0.1, -0.05) is 0 Å². The molecule has 15 heavy (non-hydrogen) atoms. The summed E-state index contributed by atoms with van der Waals surface area (Å²) in [4.78, 5) is 13.2. The number of hydrogen-bond acceptors (Lipinski definition) is 4. The van der Waals surface area contributed by atoms with Crippen LogP contribution in [-0.2, 0) is 6.54 Å². The van der Waals surface area contributed by atoms with Crippen LogP contribution in [0.4, 0.5) is 14.6 Å². The average Bonchev–Trinajstić information content (AvgIpc) is 2.17. The Bertz CT molecular complexity index is 396. The molecular formula is C8H9F2N3O2. The van der Waals surface area contributed by atoms with Crippen molar-refractivity contribution in [3.63, 3.8) is 0 Å². The Morgan fingerprint density at radius 3 is 2.67 bits per heavy atom. The molecule has 0 spiro atoms. The van der Waals surface area contributed by atoms with Crippen LogP contribution in [0.1, 0.15) is 23.2 Å². The molecule has 0 aliphatic heterocycles. The lowest BCUT2D eigenvalue weighted by molar-refractivity contribution is -0.389. The second-order valence-corrected chi connectivity index (χ2v) is 2.90. The Labute approximate surface area is 84.1 Å². The minimum atomic E-state index is -2.77. The lowest BCUT2D eigenvalue weighted by Crippen LogP contribution is -2.08. The van der Waals surface area contributed by atoms with Crippen molar-refractivity contribution in [2.75, 3.05) is 0 Å². The molecule has 0 saturated carbocycles. The fraction of sp³-hybridized carbons (Fsp3) is 0.375. The van der Waals surface area contributed by atoms with Gasteiger partial charge in [-0.25, -0.2) is 8.78 Å². The molecule has 0 bridgehead atoms. The summed E-state index contributed by atoms with van der Waals surface area (Å²) < 4.78 is 25.0. The molecule has 0 saturated heterocycles. The van der Waals surface area contributed by atoms with Crippen LogP contribution in [0.3, 0.4) is 0 Å². The van der Waals surface area contributed by atoms with Crippen molar-refractivity contribution >= 4 is 5.82 Å². The van der Waals surface area contributed by atoms with E-state index >= 15 is 0 Å². The third-order valence-corrected chi connectivity index (χ3v) is 2.02. The number of halogens is 2. The van der Waals surface area contributed by atoms with E-state index < -0.39 is 22.7 Å². The molecule has 1 heterocycles. The third kappa shape index (κ3) is 2.24. The SMILES string of the molecule is Cc1c(C(F)F)cc([N+](=O)[O-])nc1CN. The summed E-state index contributed by atoms with van der Waals surface area (Å²) in [6, 6.07) is 0.777. The van der Waals surface area contributed by atoms with Gasteiger partial charge in [-0.2, -0.15) is 0 Å². The summed E-state index contributed by atoms with van der Waals surface area (Å²) in [6.45, 7) is 1.31. The smallest absolute Gasteiger partial charge is 0.358 e. The van der Waals surface area contributed by atoms with E-state index in [0.29, 0.717) is 0 Å². The van der Waals surface area contributed by atoms with Gasteiger partial charge in [0, 0.05) is 17.2 Å². The summed E-state index contributed by atoms with van der Waals surface area (Å²) >= 11 is 0. The fourth-order valence-corrected chi connectivity index (χ4v) is 1.19. The number of nitrogens with two attached hydrogens (primary N) is 1. The van der Waals surface area contributed by atoms with Gasteiger partial charge < -0.3 is 15.8 Å². The van der Waals surface area contributed by atoms with Crippen molar-refractivity contribution in [3.8, 4) is 0 Å². The van der Waals surface area contributed by atoms with E-state index in [-0.39, 0.29) is 17.8 Å². The second kappa shape index (κ2) is 4.26. The molecule has 5 nitrogen and oxygen atoms in total. The highest BCUT2D eigenvalue weighted by molar-refractivity contribution is 5.37. The van der Waals surface area contributed by atoms with E-state index in [1.54, 1.807) is 0 Å². The Morgan fingerprint density at radius 1 is 1.67 bits per heavy atom. The van der Waals surface area contributed by atoms with Gasteiger partial charge in [0.05, 0.1) is 6.54 Å². The van der Waals surface area contributed by atoms with Gasteiger partial charge in [-0.15, -0.1) is 0 Å². The van der Waals surface area contributed by atoms with Gasteiger partial charge in [-0.05, 0) is 16.8 Å². The monoisotopic (exact) mass is 217 g/mol. The normalized spacial score (nSPS) is 10.7. The third-order valence-electron chi connectivity index (χ3n) is 2.02. The van der Waals surface area contributed by atoms with Crippen molar-refractivity contribution in [2.24, 2.45) is 5.73 Å². The van der Waals surface area contributed by atoms with Crippen molar-refractivity contribution < 1.29 is 13.7 Å². The predicted molar refractivity (Wildman–Crippen MR) is 48.5 cm³/mol. The molecule has 1 aromatic heterocycles.